The molecular weight excluding hydrogens is 455 g/mol. The van der Waals surface area contributed by atoms with Crippen LogP contribution in [0.4, 0.5) is 5.69 Å². The maximum Gasteiger partial charge on any atom is 0.257 e. The molecule has 1 aliphatic heterocycles. The van der Waals surface area contributed by atoms with E-state index in [2.05, 4.69) is 22.6 Å². The highest BCUT2D eigenvalue weighted by Gasteiger charge is 2.48. The SMILES string of the molecule is CC(C)(C)N(C(=O)C1CCCCC1)C1CC(=O)N(c2ccc(I)cc2)C1=O. The molecule has 3 rings (SSSR count). The van der Waals surface area contributed by atoms with E-state index in [0.29, 0.717) is 5.69 Å². The van der Waals surface area contributed by atoms with Crippen LogP contribution in [0.5, 0.6) is 0 Å². The van der Waals surface area contributed by atoms with E-state index in [-0.39, 0.29) is 30.1 Å². The Kier molecular flexibility index (Phi) is 5.93. The van der Waals surface area contributed by atoms with Crippen LogP contribution in [0.2, 0.25) is 0 Å². The quantitative estimate of drug-likeness (QED) is 0.481. The Morgan fingerprint density at radius 1 is 1.07 bits per heavy atom. The van der Waals surface area contributed by atoms with Crippen molar-refractivity contribution in [1.82, 2.24) is 4.90 Å². The van der Waals surface area contributed by atoms with Crippen molar-refractivity contribution < 1.29 is 14.4 Å². The van der Waals surface area contributed by atoms with Crippen LogP contribution in [0.3, 0.4) is 0 Å². The Morgan fingerprint density at radius 2 is 1.67 bits per heavy atom. The average molecular weight is 482 g/mol. The summed E-state index contributed by atoms with van der Waals surface area (Å²) >= 11 is 2.19. The van der Waals surface area contributed by atoms with Gasteiger partial charge in [0.1, 0.15) is 6.04 Å². The fourth-order valence-corrected chi connectivity index (χ4v) is 4.54. The molecule has 1 aromatic rings. The number of carbonyl (C=O) groups is 3. The molecule has 2 aliphatic rings. The standard InChI is InChI=1S/C21H27IN2O3/c1-21(2,3)24(19(26)14-7-5-4-6-8-14)17-13-18(25)23(20(17)27)16-11-9-15(22)10-12-16/h9-12,14,17H,4-8,13H2,1-3H3. The summed E-state index contributed by atoms with van der Waals surface area (Å²) in [5.41, 5.74) is 0.0592. The van der Waals surface area contributed by atoms with Gasteiger partial charge in [-0.05, 0) is 80.5 Å². The topological polar surface area (TPSA) is 57.7 Å². The van der Waals surface area contributed by atoms with E-state index in [1.807, 2.05) is 32.9 Å². The fourth-order valence-electron chi connectivity index (χ4n) is 4.18. The molecule has 1 saturated heterocycles. The number of amides is 3. The zero-order valence-corrected chi connectivity index (χ0v) is 18.4. The van der Waals surface area contributed by atoms with Gasteiger partial charge in [0.25, 0.3) is 5.91 Å². The summed E-state index contributed by atoms with van der Waals surface area (Å²) in [4.78, 5) is 42.1. The minimum Gasteiger partial charge on any atom is -0.325 e. The molecule has 0 N–H and O–H groups in total. The lowest BCUT2D eigenvalue weighted by Crippen LogP contribution is -2.56. The van der Waals surface area contributed by atoms with Crippen molar-refractivity contribution in [3.63, 3.8) is 0 Å². The monoisotopic (exact) mass is 482 g/mol. The third kappa shape index (κ3) is 4.20. The number of halogens is 1. The molecule has 0 radical (unpaired) electrons. The number of hydrogen-bond donors (Lipinski definition) is 0. The normalized spacial score (nSPS) is 21.6. The van der Waals surface area contributed by atoms with Gasteiger partial charge in [0.2, 0.25) is 11.8 Å². The van der Waals surface area contributed by atoms with Crippen LogP contribution in [0.25, 0.3) is 0 Å². The van der Waals surface area contributed by atoms with Gasteiger partial charge in [0.05, 0.1) is 12.1 Å². The second-order valence-electron chi connectivity index (χ2n) is 8.48. The maximum absolute atomic E-state index is 13.3. The summed E-state index contributed by atoms with van der Waals surface area (Å²) in [5.74, 6) is -0.539. The summed E-state index contributed by atoms with van der Waals surface area (Å²) in [6.45, 7) is 5.83. The first-order chi connectivity index (χ1) is 12.7. The minimum atomic E-state index is -0.716. The van der Waals surface area contributed by atoms with Crippen molar-refractivity contribution >= 4 is 46.0 Å². The third-order valence-corrected chi connectivity index (χ3v) is 6.15. The first kappa shape index (κ1) is 20.3. The lowest BCUT2D eigenvalue weighted by Gasteiger charge is -2.41. The molecular formula is C21H27IN2O3. The summed E-state index contributed by atoms with van der Waals surface area (Å²) in [6.07, 6.45) is 5.09. The predicted octanol–water partition coefficient (Wildman–Crippen LogP) is 4.13. The van der Waals surface area contributed by atoms with Gasteiger partial charge in [-0.15, -0.1) is 0 Å². The summed E-state index contributed by atoms with van der Waals surface area (Å²) in [7, 11) is 0. The maximum atomic E-state index is 13.3. The molecule has 6 heteroatoms. The van der Waals surface area contributed by atoms with Gasteiger partial charge in [-0.2, -0.15) is 0 Å². The minimum absolute atomic E-state index is 0.0258. The van der Waals surface area contributed by atoms with Crippen LogP contribution in [-0.2, 0) is 14.4 Å². The van der Waals surface area contributed by atoms with Crippen molar-refractivity contribution in [3.8, 4) is 0 Å². The van der Waals surface area contributed by atoms with Gasteiger partial charge in [0, 0.05) is 15.0 Å². The first-order valence-electron chi connectivity index (χ1n) is 9.65. The molecule has 2 fully saturated rings. The molecule has 0 aromatic heterocycles. The number of anilines is 1. The van der Waals surface area contributed by atoms with E-state index in [0.717, 1.165) is 29.3 Å². The molecule has 0 bridgehead atoms. The Labute approximate surface area is 174 Å². The molecule has 1 atom stereocenters. The fraction of sp³-hybridized carbons (Fsp3) is 0.571. The van der Waals surface area contributed by atoms with Crippen molar-refractivity contribution in [2.45, 2.75) is 70.9 Å². The molecule has 27 heavy (non-hydrogen) atoms. The van der Waals surface area contributed by atoms with Gasteiger partial charge in [0.15, 0.2) is 0 Å². The molecule has 1 aromatic carbocycles. The van der Waals surface area contributed by atoms with E-state index in [4.69, 9.17) is 0 Å². The van der Waals surface area contributed by atoms with Crippen LogP contribution in [0, 0.1) is 9.49 Å². The molecule has 0 spiro atoms. The van der Waals surface area contributed by atoms with Crippen molar-refractivity contribution in [3.05, 3.63) is 27.8 Å². The number of rotatable bonds is 3. The van der Waals surface area contributed by atoms with Crippen LogP contribution in [-0.4, -0.2) is 34.2 Å². The Balaban J connectivity index is 1.89. The number of hydrogen-bond acceptors (Lipinski definition) is 3. The van der Waals surface area contributed by atoms with Crippen LogP contribution in [0.15, 0.2) is 24.3 Å². The Morgan fingerprint density at radius 3 is 2.22 bits per heavy atom. The van der Waals surface area contributed by atoms with E-state index in [1.54, 1.807) is 17.0 Å². The Hall–Kier alpha value is -1.44. The highest BCUT2D eigenvalue weighted by Crippen LogP contribution is 2.34. The van der Waals surface area contributed by atoms with Crippen molar-refractivity contribution in [2.24, 2.45) is 5.92 Å². The second kappa shape index (κ2) is 7.89. The van der Waals surface area contributed by atoms with E-state index in [1.165, 1.54) is 11.3 Å². The second-order valence-corrected chi connectivity index (χ2v) is 9.72. The third-order valence-electron chi connectivity index (χ3n) is 5.43. The molecule has 1 saturated carbocycles. The summed E-state index contributed by atoms with van der Waals surface area (Å²) < 4.78 is 1.04. The van der Waals surface area contributed by atoms with Gasteiger partial charge in [-0.3, -0.25) is 14.4 Å². The van der Waals surface area contributed by atoms with Crippen molar-refractivity contribution in [1.29, 1.82) is 0 Å². The predicted molar refractivity (Wildman–Crippen MR) is 113 cm³/mol. The van der Waals surface area contributed by atoms with E-state index in [9.17, 15) is 14.4 Å². The Bertz CT molecular complexity index is 733. The van der Waals surface area contributed by atoms with E-state index < -0.39 is 11.6 Å². The zero-order chi connectivity index (χ0) is 19.8. The molecule has 3 amide bonds. The van der Waals surface area contributed by atoms with Gasteiger partial charge >= 0.3 is 0 Å². The molecule has 1 unspecified atom stereocenters. The highest BCUT2D eigenvalue weighted by molar-refractivity contribution is 14.1. The first-order valence-corrected chi connectivity index (χ1v) is 10.7. The van der Waals surface area contributed by atoms with Gasteiger partial charge in [-0.25, -0.2) is 4.90 Å². The highest BCUT2D eigenvalue weighted by atomic mass is 127. The average Bonchev–Trinajstić information content (AvgIpc) is 2.90. The number of imide groups is 1. The van der Waals surface area contributed by atoms with Crippen LogP contribution >= 0.6 is 22.6 Å². The van der Waals surface area contributed by atoms with Gasteiger partial charge < -0.3 is 4.90 Å². The molecule has 1 heterocycles. The smallest absolute Gasteiger partial charge is 0.257 e. The molecule has 5 nitrogen and oxygen atoms in total. The largest absolute Gasteiger partial charge is 0.325 e. The van der Waals surface area contributed by atoms with Crippen molar-refractivity contribution in [2.75, 3.05) is 4.90 Å². The lowest BCUT2D eigenvalue weighted by molar-refractivity contribution is -0.148. The molecule has 1 aliphatic carbocycles. The number of benzene rings is 1. The molecule has 146 valence electrons. The zero-order valence-electron chi connectivity index (χ0n) is 16.2. The van der Waals surface area contributed by atoms with Crippen LogP contribution in [0.1, 0.15) is 59.3 Å². The van der Waals surface area contributed by atoms with E-state index >= 15 is 0 Å². The summed E-state index contributed by atoms with van der Waals surface area (Å²) in [6, 6.07) is 6.59. The summed E-state index contributed by atoms with van der Waals surface area (Å²) in [5, 5.41) is 0. The number of carbonyl (C=O) groups excluding carboxylic acids is 3. The lowest BCUT2D eigenvalue weighted by atomic mass is 9.86. The van der Waals surface area contributed by atoms with Gasteiger partial charge in [-0.1, -0.05) is 19.3 Å². The van der Waals surface area contributed by atoms with Crippen LogP contribution < -0.4 is 4.90 Å². The number of nitrogens with zero attached hydrogens (tertiary/aromatic N) is 2.